The van der Waals surface area contributed by atoms with Crippen LogP contribution < -0.4 is 10.1 Å². The third kappa shape index (κ3) is 3.32. The zero-order valence-electron chi connectivity index (χ0n) is 11.8. The van der Waals surface area contributed by atoms with E-state index in [-0.39, 0.29) is 0 Å². The highest BCUT2D eigenvalue weighted by atomic mass is 16.5. The van der Waals surface area contributed by atoms with E-state index in [1.54, 1.807) is 6.20 Å². The predicted octanol–water partition coefficient (Wildman–Crippen LogP) is 2.68. The van der Waals surface area contributed by atoms with Crippen LogP contribution in [0.5, 0.6) is 11.6 Å². The molecule has 0 unspecified atom stereocenters. The van der Waals surface area contributed by atoms with Gasteiger partial charge in [-0.3, -0.25) is 4.68 Å². The lowest BCUT2D eigenvalue weighted by Gasteiger charge is -2.07. The van der Waals surface area contributed by atoms with Gasteiger partial charge in [0.25, 0.3) is 0 Å². The summed E-state index contributed by atoms with van der Waals surface area (Å²) < 4.78 is 7.62. The number of nitrogens with one attached hydrogen (secondary N) is 1. The van der Waals surface area contributed by atoms with E-state index in [1.165, 1.54) is 0 Å². The highest BCUT2D eigenvalue weighted by Crippen LogP contribution is 2.23. The Morgan fingerprint density at radius 1 is 1.37 bits per heavy atom. The number of pyridine rings is 1. The van der Waals surface area contributed by atoms with Crippen molar-refractivity contribution in [3.05, 3.63) is 35.8 Å². The minimum atomic E-state index is 0.324. The molecule has 0 aromatic carbocycles. The summed E-state index contributed by atoms with van der Waals surface area (Å²) in [5.41, 5.74) is 2.16. The second kappa shape index (κ2) is 5.84. The van der Waals surface area contributed by atoms with E-state index in [2.05, 4.69) is 35.3 Å². The third-order valence-corrected chi connectivity index (χ3v) is 2.79. The van der Waals surface area contributed by atoms with Gasteiger partial charge in [-0.1, -0.05) is 0 Å². The smallest absolute Gasteiger partial charge is 0.222 e. The molecule has 0 aliphatic heterocycles. The molecule has 2 rings (SSSR count). The molecule has 0 bridgehead atoms. The average molecular weight is 260 g/mol. The van der Waals surface area contributed by atoms with Gasteiger partial charge >= 0.3 is 0 Å². The van der Waals surface area contributed by atoms with Gasteiger partial charge in [0, 0.05) is 24.3 Å². The van der Waals surface area contributed by atoms with Crippen LogP contribution in [0.2, 0.25) is 0 Å². The first-order valence-corrected chi connectivity index (χ1v) is 6.42. The van der Waals surface area contributed by atoms with Crippen molar-refractivity contribution in [2.45, 2.75) is 33.4 Å². The highest BCUT2D eigenvalue weighted by Gasteiger charge is 2.07. The molecule has 0 spiro atoms. The average Bonchev–Trinajstić information content (AvgIpc) is 2.82. The molecule has 0 radical (unpaired) electrons. The van der Waals surface area contributed by atoms with Crippen molar-refractivity contribution in [1.82, 2.24) is 20.1 Å². The zero-order valence-corrected chi connectivity index (χ0v) is 11.8. The summed E-state index contributed by atoms with van der Waals surface area (Å²) in [4.78, 5) is 4.35. The van der Waals surface area contributed by atoms with Crippen LogP contribution in [0.15, 0.2) is 24.7 Å². The Labute approximate surface area is 113 Å². The van der Waals surface area contributed by atoms with Gasteiger partial charge in [0.2, 0.25) is 5.88 Å². The van der Waals surface area contributed by atoms with Crippen LogP contribution in [0.25, 0.3) is 0 Å². The van der Waals surface area contributed by atoms with Crippen LogP contribution in [0.4, 0.5) is 0 Å². The third-order valence-electron chi connectivity index (χ3n) is 2.79. The molecule has 5 heteroatoms. The molecule has 5 nitrogen and oxygen atoms in total. The maximum atomic E-state index is 5.76. The molecular weight excluding hydrogens is 240 g/mol. The van der Waals surface area contributed by atoms with Crippen LogP contribution in [-0.2, 0) is 6.54 Å². The molecule has 0 atom stereocenters. The number of rotatable bonds is 5. The summed E-state index contributed by atoms with van der Waals surface area (Å²) in [7, 11) is 1.92. The van der Waals surface area contributed by atoms with E-state index in [0.29, 0.717) is 17.7 Å². The van der Waals surface area contributed by atoms with Crippen molar-refractivity contribution in [1.29, 1.82) is 0 Å². The van der Waals surface area contributed by atoms with Crippen LogP contribution >= 0.6 is 0 Å². The Morgan fingerprint density at radius 2 is 2.16 bits per heavy atom. The number of nitrogens with zero attached hydrogens (tertiary/aromatic N) is 3. The molecule has 2 aromatic heterocycles. The molecule has 2 heterocycles. The van der Waals surface area contributed by atoms with E-state index in [4.69, 9.17) is 4.74 Å². The topological polar surface area (TPSA) is 52.0 Å². The molecule has 2 aromatic rings. The quantitative estimate of drug-likeness (QED) is 0.898. The Bertz CT molecular complexity index is 548. The molecule has 0 amide bonds. The fraction of sp³-hybridized carbons (Fsp3) is 0.429. The summed E-state index contributed by atoms with van der Waals surface area (Å²) in [5.74, 6) is 1.34. The summed E-state index contributed by atoms with van der Waals surface area (Å²) in [5, 5.41) is 7.34. The van der Waals surface area contributed by atoms with Crippen molar-refractivity contribution < 1.29 is 4.74 Å². The van der Waals surface area contributed by atoms with Crippen molar-refractivity contribution in [3.63, 3.8) is 0 Å². The highest BCUT2D eigenvalue weighted by molar-refractivity contribution is 5.32. The number of aryl methyl sites for hydroxylation is 1. The zero-order chi connectivity index (χ0) is 13.8. The molecule has 1 N–H and O–H groups in total. The van der Waals surface area contributed by atoms with Gasteiger partial charge in [0.1, 0.15) is 0 Å². The van der Waals surface area contributed by atoms with E-state index in [9.17, 15) is 0 Å². The molecule has 0 fully saturated rings. The predicted molar refractivity (Wildman–Crippen MR) is 74.4 cm³/mol. The molecule has 102 valence electrons. The van der Waals surface area contributed by atoms with Crippen LogP contribution in [0.1, 0.15) is 31.0 Å². The summed E-state index contributed by atoms with van der Waals surface area (Å²) in [6.45, 7) is 6.95. The largest absolute Gasteiger partial charge is 0.435 e. The minimum Gasteiger partial charge on any atom is -0.435 e. The first-order valence-electron chi connectivity index (χ1n) is 6.42. The normalized spacial score (nSPS) is 11.0. The Morgan fingerprint density at radius 3 is 2.74 bits per heavy atom. The fourth-order valence-corrected chi connectivity index (χ4v) is 1.80. The fourth-order valence-electron chi connectivity index (χ4n) is 1.80. The molecule has 19 heavy (non-hydrogen) atoms. The Balaban J connectivity index is 2.13. The molecule has 0 aliphatic carbocycles. The van der Waals surface area contributed by atoms with Crippen LogP contribution in [0, 0.1) is 6.92 Å². The maximum absolute atomic E-state index is 5.76. The van der Waals surface area contributed by atoms with Gasteiger partial charge in [-0.15, -0.1) is 0 Å². The van der Waals surface area contributed by atoms with Crippen LogP contribution in [-0.4, -0.2) is 21.8 Å². The molecule has 0 saturated heterocycles. The second-order valence-electron chi connectivity index (χ2n) is 4.85. The SMILES string of the molecule is CNCc1cnc(Oc2cnn(C(C)C)c2)c(C)c1. The van der Waals surface area contributed by atoms with E-state index in [0.717, 1.165) is 17.7 Å². The van der Waals surface area contributed by atoms with Gasteiger partial charge in [-0.25, -0.2) is 4.98 Å². The van der Waals surface area contributed by atoms with E-state index >= 15 is 0 Å². The Hall–Kier alpha value is -1.88. The van der Waals surface area contributed by atoms with Gasteiger partial charge in [-0.2, -0.15) is 5.10 Å². The lowest BCUT2D eigenvalue weighted by atomic mass is 10.2. The van der Waals surface area contributed by atoms with Crippen molar-refractivity contribution in [3.8, 4) is 11.6 Å². The van der Waals surface area contributed by atoms with Gasteiger partial charge < -0.3 is 10.1 Å². The summed E-state index contributed by atoms with van der Waals surface area (Å²) in [6.07, 6.45) is 5.42. The van der Waals surface area contributed by atoms with Gasteiger partial charge in [0.05, 0.1) is 12.4 Å². The molecule has 0 aliphatic rings. The van der Waals surface area contributed by atoms with Crippen molar-refractivity contribution >= 4 is 0 Å². The number of ether oxygens (including phenoxy) is 1. The van der Waals surface area contributed by atoms with E-state index < -0.39 is 0 Å². The number of aromatic nitrogens is 3. The van der Waals surface area contributed by atoms with E-state index in [1.807, 2.05) is 31.0 Å². The van der Waals surface area contributed by atoms with Gasteiger partial charge in [0.15, 0.2) is 5.75 Å². The molecular formula is C14H20N4O. The molecule has 0 saturated carbocycles. The minimum absolute atomic E-state index is 0.324. The Kier molecular flexibility index (Phi) is 4.16. The lowest BCUT2D eigenvalue weighted by molar-refractivity contribution is 0.454. The standard InChI is InChI=1S/C14H20N4O/c1-10(2)18-9-13(8-17-18)19-14-11(3)5-12(6-15-4)7-16-14/h5,7-10,15H,6H2,1-4H3. The van der Waals surface area contributed by atoms with Gasteiger partial charge in [-0.05, 0) is 39.4 Å². The monoisotopic (exact) mass is 260 g/mol. The van der Waals surface area contributed by atoms with Crippen LogP contribution in [0.3, 0.4) is 0 Å². The van der Waals surface area contributed by atoms with Crippen molar-refractivity contribution in [2.75, 3.05) is 7.05 Å². The number of hydrogen-bond acceptors (Lipinski definition) is 4. The first kappa shape index (κ1) is 13.5. The van der Waals surface area contributed by atoms with Crippen molar-refractivity contribution in [2.24, 2.45) is 0 Å². The summed E-state index contributed by atoms with van der Waals surface area (Å²) in [6, 6.07) is 2.40. The number of hydrogen-bond donors (Lipinski definition) is 1. The summed E-state index contributed by atoms with van der Waals surface area (Å²) >= 11 is 0. The maximum Gasteiger partial charge on any atom is 0.222 e. The first-order chi connectivity index (χ1) is 9.10. The lowest BCUT2D eigenvalue weighted by Crippen LogP contribution is -2.06. The second-order valence-corrected chi connectivity index (χ2v) is 4.85.